The van der Waals surface area contributed by atoms with E-state index in [0.717, 1.165) is 58.3 Å². The van der Waals surface area contributed by atoms with Gasteiger partial charge < -0.3 is 15.0 Å². The smallest absolute Gasteiger partial charge is 0.239 e. The van der Waals surface area contributed by atoms with Crippen molar-refractivity contribution in [1.82, 2.24) is 10.2 Å². The monoisotopic (exact) mass is 256 g/mol. The van der Waals surface area contributed by atoms with Gasteiger partial charge in [0.15, 0.2) is 0 Å². The predicted octanol–water partition coefficient (Wildman–Crippen LogP) is 1.79. The maximum Gasteiger partial charge on any atom is 0.239 e. The zero-order valence-electron chi connectivity index (χ0n) is 11.9. The van der Waals surface area contributed by atoms with Crippen molar-refractivity contribution in [2.75, 3.05) is 33.4 Å². The summed E-state index contributed by atoms with van der Waals surface area (Å²) in [6.45, 7) is 5.62. The van der Waals surface area contributed by atoms with E-state index in [0.29, 0.717) is 0 Å². The standard InChI is InChI=1S/C14H28N2O2/c1-13(15-9-5-3-8-12-18-2)14(17)16-10-6-4-7-11-16/h13,15H,3-12H2,1-2H3. The summed E-state index contributed by atoms with van der Waals surface area (Å²) in [4.78, 5) is 14.1. The molecule has 106 valence electrons. The summed E-state index contributed by atoms with van der Waals surface area (Å²) in [5.41, 5.74) is 0. The van der Waals surface area contributed by atoms with Crippen molar-refractivity contribution < 1.29 is 9.53 Å². The summed E-state index contributed by atoms with van der Waals surface area (Å²) in [6, 6.07) is -0.0366. The molecule has 1 aliphatic heterocycles. The molecule has 0 aromatic carbocycles. The highest BCUT2D eigenvalue weighted by atomic mass is 16.5. The van der Waals surface area contributed by atoms with E-state index < -0.39 is 0 Å². The number of hydrogen-bond donors (Lipinski definition) is 1. The fourth-order valence-electron chi connectivity index (χ4n) is 2.34. The van der Waals surface area contributed by atoms with Gasteiger partial charge in [-0.3, -0.25) is 4.79 Å². The maximum atomic E-state index is 12.1. The van der Waals surface area contributed by atoms with Gasteiger partial charge in [0.1, 0.15) is 0 Å². The molecule has 1 atom stereocenters. The SMILES string of the molecule is COCCCCCNC(C)C(=O)N1CCCCC1. The molecular weight excluding hydrogens is 228 g/mol. The zero-order valence-corrected chi connectivity index (χ0v) is 11.9. The highest BCUT2D eigenvalue weighted by Crippen LogP contribution is 2.09. The van der Waals surface area contributed by atoms with Crippen LogP contribution in [0, 0.1) is 0 Å². The average molecular weight is 256 g/mol. The number of unbranched alkanes of at least 4 members (excludes halogenated alkanes) is 2. The first kappa shape index (κ1) is 15.4. The summed E-state index contributed by atoms with van der Waals surface area (Å²) in [6.07, 6.45) is 6.97. The Kier molecular flexibility index (Phi) is 8.01. The number of amides is 1. The molecule has 1 N–H and O–H groups in total. The molecule has 0 spiro atoms. The highest BCUT2D eigenvalue weighted by molar-refractivity contribution is 5.81. The number of carbonyl (C=O) groups excluding carboxylic acids is 1. The molecule has 0 bridgehead atoms. The van der Waals surface area contributed by atoms with Crippen molar-refractivity contribution in [3.8, 4) is 0 Å². The first-order valence-corrected chi connectivity index (χ1v) is 7.27. The first-order chi connectivity index (χ1) is 8.75. The van der Waals surface area contributed by atoms with Crippen LogP contribution in [0.4, 0.5) is 0 Å². The third-order valence-corrected chi connectivity index (χ3v) is 3.51. The number of methoxy groups -OCH3 is 1. The average Bonchev–Trinajstić information content (AvgIpc) is 2.42. The van der Waals surface area contributed by atoms with Crippen LogP contribution in [0.25, 0.3) is 0 Å². The molecule has 1 saturated heterocycles. The van der Waals surface area contributed by atoms with Crippen molar-refractivity contribution >= 4 is 5.91 Å². The molecule has 1 aliphatic rings. The Hall–Kier alpha value is -0.610. The number of likely N-dealkylation sites (tertiary alicyclic amines) is 1. The molecule has 18 heavy (non-hydrogen) atoms. The highest BCUT2D eigenvalue weighted by Gasteiger charge is 2.21. The van der Waals surface area contributed by atoms with Gasteiger partial charge >= 0.3 is 0 Å². The van der Waals surface area contributed by atoms with Gasteiger partial charge in [-0.25, -0.2) is 0 Å². The Bertz CT molecular complexity index is 228. The second-order valence-corrected chi connectivity index (χ2v) is 5.12. The number of hydrogen-bond acceptors (Lipinski definition) is 3. The molecule has 0 aromatic rings. The van der Waals surface area contributed by atoms with Gasteiger partial charge in [-0.1, -0.05) is 0 Å². The molecule has 4 nitrogen and oxygen atoms in total. The molecule has 1 rings (SSSR count). The van der Waals surface area contributed by atoms with Gasteiger partial charge in [-0.2, -0.15) is 0 Å². The second-order valence-electron chi connectivity index (χ2n) is 5.12. The topological polar surface area (TPSA) is 41.6 Å². The number of nitrogens with one attached hydrogen (secondary N) is 1. The maximum absolute atomic E-state index is 12.1. The van der Waals surface area contributed by atoms with E-state index in [1.54, 1.807) is 7.11 Å². The van der Waals surface area contributed by atoms with Crippen LogP contribution in [-0.4, -0.2) is 50.2 Å². The molecule has 4 heteroatoms. The lowest BCUT2D eigenvalue weighted by Gasteiger charge is -2.29. The van der Waals surface area contributed by atoms with Gasteiger partial charge in [-0.15, -0.1) is 0 Å². The van der Waals surface area contributed by atoms with E-state index >= 15 is 0 Å². The lowest BCUT2D eigenvalue weighted by Crippen LogP contribution is -2.47. The largest absolute Gasteiger partial charge is 0.385 e. The van der Waals surface area contributed by atoms with Crippen LogP contribution in [0.2, 0.25) is 0 Å². The van der Waals surface area contributed by atoms with Crippen LogP contribution >= 0.6 is 0 Å². The van der Waals surface area contributed by atoms with E-state index in [9.17, 15) is 4.79 Å². The van der Waals surface area contributed by atoms with Gasteiger partial charge in [-0.05, 0) is 52.0 Å². The van der Waals surface area contributed by atoms with Crippen molar-refractivity contribution in [1.29, 1.82) is 0 Å². The van der Waals surface area contributed by atoms with Crippen molar-refractivity contribution in [2.45, 2.75) is 51.5 Å². The molecule has 0 radical (unpaired) electrons. The number of rotatable bonds is 8. The van der Waals surface area contributed by atoms with Crippen LogP contribution in [0.1, 0.15) is 45.4 Å². The van der Waals surface area contributed by atoms with E-state index in [1.165, 1.54) is 6.42 Å². The number of nitrogens with zero attached hydrogens (tertiary/aromatic N) is 1. The quantitative estimate of drug-likeness (QED) is 0.673. The van der Waals surface area contributed by atoms with E-state index in [2.05, 4.69) is 5.32 Å². The lowest BCUT2D eigenvalue weighted by molar-refractivity contribution is -0.133. The van der Waals surface area contributed by atoms with E-state index in [-0.39, 0.29) is 11.9 Å². The third kappa shape index (κ3) is 5.83. The minimum absolute atomic E-state index is 0.0366. The van der Waals surface area contributed by atoms with Gasteiger partial charge in [0.05, 0.1) is 6.04 Å². The zero-order chi connectivity index (χ0) is 13.2. The summed E-state index contributed by atoms with van der Waals surface area (Å²) in [5, 5.41) is 3.32. The molecule has 0 aliphatic carbocycles. The molecule has 1 unspecified atom stereocenters. The van der Waals surface area contributed by atoms with Crippen LogP contribution in [-0.2, 0) is 9.53 Å². The van der Waals surface area contributed by atoms with Crippen LogP contribution < -0.4 is 5.32 Å². The Labute approximate surface area is 111 Å². The van der Waals surface area contributed by atoms with Crippen LogP contribution in [0.15, 0.2) is 0 Å². The number of piperidine rings is 1. The summed E-state index contributed by atoms with van der Waals surface area (Å²) in [7, 11) is 1.73. The Balaban J connectivity index is 2.07. The van der Waals surface area contributed by atoms with Crippen molar-refractivity contribution in [3.63, 3.8) is 0 Å². The van der Waals surface area contributed by atoms with Gasteiger partial charge in [0, 0.05) is 26.8 Å². The molecular formula is C14H28N2O2. The lowest BCUT2D eigenvalue weighted by atomic mass is 10.1. The normalized spacial score (nSPS) is 17.8. The summed E-state index contributed by atoms with van der Waals surface area (Å²) in [5.74, 6) is 0.270. The van der Waals surface area contributed by atoms with Gasteiger partial charge in [0.2, 0.25) is 5.91 Å². The predicted molar refractivity (Wildman–Crippen MR) is 73.6 cm³/mol. The third-order valence-electron chi connectivity index (χ3n) is 3.51. The Morgan fingerprint density at radius 2 is 1.94 bits per heavy atom. The molecule has 1 fully saturated rings. The van der Waals surface area contributed by atoms with Gasteiger partial charge in [0.25, 0.3) is 0 Å². The van der Waals surface area contributed by atoms with Crippen molar-refractivity contribution in [3.05, 3.63) is 0 Å². The molecule has 0 saturated carbocycles. The number of carbonyl (C=O) groups is 1. The minimum atomic E-state index is -0.0366. The molecule has 1 heterocycles. The summed E-state index contributed by atoms with van der Waals surface area (Å²) >= 11 is 0. The van der Waals surface area contributed by atoms with E-state index in [4.69, 9.17) is 4.74 Å². The minimum Gasteiger partial charge on any atom is -0.385 e. The van der Waals surface area contributed by atoms with Crippen LogP contribution in [0.5, 0.6) is 0 Å². The Morgan fingerprint density at radius 3 is 2.61 bits per heavy atom. The fraction of sp³-hybridized carbons (Fsp3) is 0.929. The Morgan fingerprint density at radius 1 is 1.22 bits per heavy atom. The second kappa shape index (κ2) is 9.34. The fourth-order valence-corrected chi connectivity index (χ4v) is 2.34. The van der Waals surface area contributed by atoms with Crippen LogP contribution in [0.3, 0.4) is 0 Å². The molecule has 1 amide bonds. The number of ether oxygens (including phenoxy) is 1. The summed E-state index contributed by atoms with van der Waals surface area (Å²) < 4.78 is 5.01. The first-order valence-electron chi connectivity index (χ1n) is 7.27. The molecule has 0 aromatic heterocycles. The van der Waals surface area contributed by atoms with E-state index in [1.807, 2.05) is 11.8 Å². The van der Waals surface area contributed by atoms with Crippen molar-refractivity contribution in [2.24, 2.45) is 0 Å².